The van der Waals surface area contributed by atoms with Gasteiger partial charge in [0.15, 0.2) is 11.5 Å². The molecule has 0 saturated heterocycles. The van der Waals surface area contributed by atoms with Crippen LogP contribution < -0.4 is 18.9 Å². The molecule has 0 atom stereocenters. The zero-order valence-electron chi connectivity index (χ0n) is 16.7. The Kier molecular flexibility index (Phi) is 6.90. The predicted octanol–water partition coefficient (Wildman–Crippen LogP) is 5.80. The lowest BCUT2D eigenvalue weighted by atomic mass is 10.3. The van der Waals surface area contributed by atoms with Crippen molar-refractivity contribution in [2.24, 2.45) is 4.99 Å². The highest BCUT2D eigenvalue weighted by Gasteiger charge is 2.09. The second-order valence-electron chi connectivity index (χ2n) is 6.10. The quantitative estimate of drug-likeness (QED) is 0.291. The van der Waals surface area contributed by atoms with Crippen molar-refractivity contribution < 1.29 is 18.9 Å². The van der Waals surface area contributed by atoms with E-state index in [1.54, 1.807) is 38.7 Å². The third-order valence-electron chi connectivity index (χ3n) is 4.01. The zero-order valence-corrected chi connectivity index (χ0v) is 16.7. The van der Waals surface area contributed by atoms with E-state index >= 15 is 0 Å². The molecule has 0 bridgehead atoms. The molecule has 0 aliphatic carbocycles. The normalized spacial score (nSPS) is 11.7. The maximum Gasteiger partial charge on any atom is 0.225 e. The molecule has 0 fully saturated rings. The molecule has 0 aliphatic rings. The monoisotopic (exact) mass is 389 g/mol. The van der Waals surface area contributed by atoms with Crippen molar-refractivity contribution in [1.29, 1.82) is 0 Å². The van der Waals surface area contributed by atoms with Crippen LogP contribution in [0.15, 0.2) is 95.7 Å². The van der Waals surface area contributed by atoms with Crippen LogP contribution in [-0.2, 0) is 0 Å². The van der Waals surface area contributed by atoms with Crippen molar-refractivity contribution in [3.05, 3.63) is 90.7 Å². The van der Waals surface area contributed by atoms with Crippen LogP contribution in [0, 0.1) is 0 Å². The van der Waals surface area contributed by atoms with Crippen LogP contribution in [-0.4, -0.2) is 20.1 Å². The third kappa shape index (κ3) is 5.62. The minimum absolute atomic E-state index is 0.447. The van der Waals surface area contributed by atoms with Gasteiger partial charge in [-0.1, -0.05) is 36.4 Å². The molecule has 0 saturated carbocycles. The molecule has 5 heteroatoms. The molecule has 0 aliphatic heterocycles. The molecule has 148 valence electrons. The number of para-hydroxylation sites is 2. The van der Waals surface area contributed by atoms with Gasteiger partial charge in [-0.05, 0) is 43.3 Å². The van der Waals surface area contributed by atoms with E-state index in [0.29, 0.717) is 28.9 Å². The molecule has 0 aromatic heterocycles. The number of nitrogens with zero attached hydrogens (tertiary/aromatic N) is 1. The minimum Gasteiger partial charge on any atom is -0.493 e. The Morgan fingerprint density at radius 1 is 0.759 bits per heavy atom. The van der Waals surface area contributed by atoms with E-state index in [0.717, 1.165) is 11.3 Å². The first-order chi connectivity index (χ1) is 14.2. The van der Waals surface area contributed by atoms with Crippen LogP contribution in [0.3, 0.4) is 0 Å². The topological polar surface area (TPSA) is 49.3 Å². The van der Waals surface area contributed by atoms with E-state index < -0.39 is 0 Å². The Morgan fingerprint density at radius 3 is 2.07 bits per heavy atom. The fourth-order valence-corrected chi connectivity index (χ4v) is 2.51. The fourth-order valence-electron chi connectivity index (χ4n) is 2.51. The molecule has 3 rings (SSSR count). The van der Waals surface area contributed by atoms with E-state index in [2.05, 4.69) is 4.99 Å². The summed E-state index contributed by atoms with van der Waals surface area (Å²) in [6, 6.07) is 24.5. The van der Waals surface area contributed by atoms with E-state index in [-0.39, 0.29) is 0 Å². The third-order valence-corrected chi connectivity index (χ3v) is 4.01. The van der Waals surface area contributed by atoms with Crippen molar-refractivity contribution in [2.75, 3.05) is 14.2 Å². The van der Waals surface area contributed by atoms with Gasteiger partial charge in [-0.2, -0.15) is 0 Å². The van der Waals surface area contributed by atoms with Gasteiger partial charge in [0.2, 0.25) is 5.90 Å². The van der Waals surface area contributed by atoms with Gasteiger partial charge in [-0.15, -0.1) is 0 Å². The summed E-state index contributed by atoms with van der Waals surface area (Å²) in [6.45, 7) is 1.88. The number of rotatable bonds is 7. The van der Waals surface area contributed by atoms with Crippen LogP contribution >= 0.6 is 0 Å². The van der Waals surface area contributed by atoms with E-state index in [9.17, 15) is 0 Å². The van der Waals surface area contributed by atoms with Gasteiger partial charge in [-0.3, -0.25) is 0 Å². The Hall–Kier alpha value is -3.73. The molecule has 5 nitrogen and oxygen atoms in total. The fraction of sp³-hybridized carbons (Fsp3) is 0.125. The summed E-state index contributed by atoms with van der Waals surface area (Å²) in [5, 5.41) is 0. The van der Waals surface area contributed by atoms with Crippen LogP contribution in [0.25, 0.3) is 0 Å². The first-order valence-corrected chi connectivity index (χ1v) is 9.12. The van der Waals surface area contributed by atoms with Gasteiger partial charge < -0.3 is 18.9 Å². The Morgan fingerprint density at radius 2 is 1.41 bits per heavy atom. The van der Waals surface area contributed by atoms with E-state index in [4.69, 9.17) is 18.9 Å². The summed E-state index contributed by atoms with van der Waals surface area (Å²) in [7, 11) is 3.18. The summed E-state index contributed by atoms with van der Waals surface area (Å²) in [4.78, 5) is 4.63. The lowest BCUT2D eigenvalue weighted by Crippen LogP contribution is -2.10. The molecule has 29 heavy (non-hydrogen) atoms. The van der Waals surface area contributed by atoms with Crippen molar-refractivity contribution >= 4 is 11.6 Å². The van der Waals surface area contributed by atoms with Gasteiger partial charge >= 0.3 is 0 Å². The maximum absolute atomic E-state index is 6.01. The van der Waals surface area contributed by atoms with Gasteiger partial charge in [0, 0.05) is 11.6 Å². The summed E-state index contributed by atoms with van der Waals surface area (Å²) in [5.41, 5.74) is 1.52. The standard InChI is InChI=1S/C24H23NO4/c1-18(17-28-21-14-15-22(26-2)23(16-21)27-3)24(25-19-10-6-4-7-11-19)29-20-12-8-5-9-13-20/h4-17H,1-3H3/b18-17+,25-24-. The summed E-state index contributed by atoms with van der Waals surface area (Å²) < 4.78 is 22.4. The molecule has 3 aromatic carbocycles. The number of methoxy groups -OCH3 is 2. The highest BCUT2D eigenvalue weighted by Crippen LogP contribution is 2.31. The zero-order chi connectivity index (χ0) is 20.5. The number of benzene rings is 3. The first-order valence-electron chi connectivity index (χ1n) is 9.12. The van der Waals surface area contributed by atoms with Crippen molar-refractivity contribution in [2.45, 2.75) is 6.92 Å². The average molecular weight is 389 g/mol. The number of hydrogen-bond acceptors (Lipinski definition) is 5. The van der Waals surface area contributed by atoms with Crippen LogP contribution in [0.2, 0.25) is 0 Å². The highest BCUT2D eigenvalue weighted by atomic mass is 16.5. The molecule has 0 radical (unpaired) electrons. The van der Waals surface area contributed by atoms with Crippen LogP contribution in [0.1, 0.15) is 6.92 Å². The molecule has 0 N–H and O–H groups in total. The predicted molar refractivity (Wildman–Crippen MR) is 115 cm³/mol. The molecule has 0 unspecified atom stereocenters. The second-order valence-corrected chi connectivity index (χ2v) is 6.10. The largest absolute Gasteiger partial charge is 0.493 e. The second kappa shape index (κ2) is 9.99. The summed E-state index contributed by atoms with van der Waals surface area (Å²) in [5.74, 6) is 2.98. The lowest BCUT2D eigenvalue weighted by Gasteiger charge is -2.11. The van der Waals surface area contributed by atoms with E-state index in [1.807, 2.05) is 67.6 Å². The number of hydrogen-bond donors (Lipinski definition) is 0. The number of aliphatic imine (C=N–C) groups is 1. The molecule has 0 spiro atoms. The van der Waals surface area contributed by atoms with Crippen LogP contribution in [0.5, 0.6) is 23.0 Å². The van der Waals surface area contributed by atoms with Crippen LogP contribution in [0.4, 0.5) is 5.69 Å². The van der Waals surface area contributed by atoms with Gasteiger partial charge in [-0.25, -0.2) is 4.99 Å². The SMILES string of the molecule is COc1ccc(O/C=C(C)/C(=N/c2ccccc2)Oc2ccccc2)cc1OC. The summed E-state index contributed by atoms with van der Waals surface area (Å²) in [6.07, 6.45) is 1.60. The van der Waals surface area contributed by atoms with Gasteiger partial charge in [0.1, 0.15) is 11.5 Å². The molecule has 0 amide bonds. The Labute approximate surface area is 170 Å². The minimum atomic E-state index is 0.447. The maximum atomic E-state index is 6.01. The Balaban J connectivity index is 1.85. The average Bonchev–Trinajstić information content (AvgIpc) is 2.78. The first kappa shape index (κ1) is 20.0. The van der Waals surface area contributed by atoms with Crippen molar-refractivity contribution in [3.8, 4) is 23.0 Å². The molecule has 0 heterocycles. The Bertz CT molecular complexity index is 982. The molecular weight excluding hydrogens is 366 g/mol. The van der Waals surface area contributed by atoms with Crippen molar-refractivity contribution in [1.82, 2.24) is 0 Å². The summed E-state index contributed by atoms with van der Waals surface area (Å²) >= 11 is 0. The molecule has 3 aromatic rings. The number of ether oxygens (including phenoxy) is 4. The smallest absolute Gasteiger partial charge is 0.225 e. The highest BCUT2D eigenvalue weighted by molar-refractivity contribution is 5.96. The van der Waals surface area contributed by atoms with Gasteiger partial charge in [0.05, 0.1) is 26.2 Å². The van der Waals surface area contributed by atoms with E-state index in [1.165, 1.54) is 0 Å². The van der Waals surface area contributed by atoms with Gasteiger partial charge in [0.25, 0.3) is 0 Å². The van der Waals surface area contributed by atoms with Crippen molar-refractivity contribution in [3.63, 3.8) is 0 Å². The molecular formula is C24H23NO4. The lowest BCUT2D eigenvalue weighted by molar-refractivity contribution is 0.352.